The van der Waals surface area contributed by atoms with Gasteiger partial charge in [0, 0.05) is 30.0 Å². The molecule has 4 heterocycles. The van der Waals surface area contributed by atoms with Gasteiger partial charge in [0.1, 0.15) is 30.0 Å². The van der Waals surface area contributed by atoms with Crippen molar-refractivity contribution in [1.29, 1.82) is 0 Å². The molecule has 3 saturated heterocycles. The van der Waals surface area contributed by atoms with E-state index >= 15 is 0 Å². The first kappa shape index (κ1) is 24.6. The van der Waals surface area contributed by atoms with E-state index in [2.05, 4.69) is 0 Å². The van der Waals surface area contributed by atoms with Crippen molar-refractivity contribution in [1.82, 2.24) is 0 Å². The summed E-state index contributed by atoms with van der Waals surface area (Å²) in [5.74, 6) is -1.81. The quantitative estimate of drug-likeness (QED) is 0.454. The van der Waals surface area contributed by atoms with E-state index in [0.717, 1.165) is 22.3 Å². The molecule has 5 atom stereocenters. The van der Waals surface area contributed by atoms with Crippen LogP contribution in [0.25, 0.3) is 10.8 Å². The van der Waals surface area contributed by atoms with Crippen LogP contribution in [0.5, 0.6) is 17.2 Å². The van der Waals surface area contributed by atoms with Crippen molar-refractivity contribution >= 4 is 16.6 Å². The fraction of sp³-hybridized carbons (Fsp3) is 0.452. The smallest absolute Gasteiger partial charge is 0.276 e. The molecular formula is C31H30O9. The summed E-state index contributed by atoms with van der Waals surface area (Å²) in [6, 6.07) is 11.9. The third kappa shape index (κ3) is 2.81. The zero-order valence-electron chi connectivity index (χ0n) is 22.6. The zero-order valence-corrected chi connectivity index (χ0v) is 22.6. The minimum atomic E-state index is -1.35. The van der Waals surface area contributed by atoms with Gasteiger partial charge in [-0.15, -0.1) is 0 Å². The molecule has 0 aromatic heterocycles. The van der Waals surface area contributed by atoms with E-state index in [4.69, 9.17) is 33.2 Å². The summed E-state index contributed by atoms with van der Waals surface area (Å²) in [5.41, 5.74) is 2.64. The number of ether oxygens (including phenoxy) is 7. The Kier molecular flexibility index (Phi) is 5.02. The molecule has 3 unspecified atom stereocenters. The molecule has 1 N–H and O–H groups in total. The average Bonchev–Trinajstić information content (AvgIpc) is 3.63. The van der Waals surface area contributed by atoms with Crippen LogP contribution >= 0.6 is 0 Å². The highest BCUT2D eigenvalue weighted by Gasteiger charge is 2.91. The van der Waals surface area contributed by atoms with Crippen molar-refractivity contribution in [3.8, 4) is 17.2 Å². The monoisotopic (exact) mass is 546 g/mol. The predicted octanol–water partition coefficient (Wildman–Crippen LogP) is 4.27. The second kappa shape index (κ2) is 8.18. The summed E-state index contributed by atoms with van der Waals surface area (Å²) >= 11 is 0. The average molecular weight is 547 g/mol. The van der Waals surface area contributed by atoms with Crippen molar-refractivity contribution in [3.05, 3.63) is 64.2 Å². The van der Waals surface area contributed by atoms with Crippen molar-refractivity contribution in [3.63, 3.8) is 0 Å². The minimum absolute atomic E-state index is 0.0992. The number of carbonyl (C=O) groups excluding carboxylic acids is 1. The molecule has 2 bridgehead atoms. The molecule has 40 heavy (non-hydrogen) atoms. The summed E-state index contributed by atoms with van der Waals surface area (Å²) < 4.78 is 44.4. The predicted molar refractivity (Wildman–Crippen MR) is 141 cm³/mol. The van der Waals surface area contributed by atoms with Gasteiger partial charge in [0.2, 0.25) is 11.4 Å². The van der Waals surface area contributed by atoms with E-state index < -0.39 is 29.4 Å². The highest BCUT2D eigenvalue weighted by Crippen LogP contribution is 2.71. The lowest BCUT2D eigenvalue weighted by Crippen LogP contribution is -2.68. The highest BCUT2D eigenvalue weighted by molar-refractivity contribution is 6.11. The van der Waals surface area contributed by atoms with E-state index in [1.54, 1.807) is 14.2 Å². The number of aryl methyl sites for hydroxylation is 1. The van der Waals surface area contributed by atoms with Gasteiger partial charge < -0.3 is 38.3 Å². The van der Waals surface area contributed by atoms with Gasteiger partial charge in [0.15, 0.2) is 11.9 Å². The van der Waals surface area contributed by atoms with Crippen LogP contribution in [-0.4, -0.2) is 61.6 Å². The van der Waals surface area contributed by atoms with E-state index in [1.165, 1.54) is 0 Å². The van der Waals surface area contributed by atoms with Crippen molar-refractivity contribution < 1.29 is 43.1 Å². The molecule has 5 aliphatic rings. The van der Waals surface area contributed by atoms with Gasteiger partial charge in [-0.3, -0.25) is 4.79 Å². The minimum Gasteiger partial charge on any atom is -0.506 e. The molecule has 3 aromatic rings. The largest absolute Gasteiger partial charge is 0.506 e. The molecule has 1 spiro atoms. The molecule has 9 heteroatoms. The third-order valence-corrected chi connectivity index (χ3v) is 9.27. The van der Waals surface area contributed by atoms with Crippen molar-refractivity contribution in [2.45, 2.75) is 62.2 Å². The summed E-state index contributed by atoms with van der Waals surface area (Å²) in [5, 5.41) is 12.7. The summed E-state index contributed by atoms with van der Waals surface area (Å²) in [4.78, 5) is 13.0. The number of carbonyl (C=O) groups is 1. The van der Waals surface area contributed by atoms with E-state index in [-0.39, 0.29) is 18.1 Å². The maximum atomic E-state index is 13.0. The van der Waals surface area contributed by atoms with Gasteiger partial charge in [-0.1, -0.05) is 30.3 Å². The molecule has 1 aliphatic carbocycles. The fourth-order valence-corrected chi connectivity index (χ4v) is 7.45. The lowest BCUT2D eigenvalue weighted by atomic mass is 9.78. The molecule has 208 valence electrons. The van der Waals surface area contributed by atoms with Gasteiger partial charge in [0.25, 0.3) is 5.79 Å². The van der Waals surface area contributed by atoms with Crippen LogP contribution in [0.15, 0.2) is 36.4 Å². The zero-order chi connectivity index (χ0) is 27.4. The van der Waals surface area contributed by atoms with Gasteiger partial charge in [-0.2, -0.15) is 0 Å². The van der Waals surface area contributed by atoms with Crippen LogP contribution < -0.4 is 9.47 Å². The second-order valence-electron chi connectivity index (χ2n) is 11.3. The number of hydrogen-bond donors (Lipinski definition) is 1. The molecule has 0 amide bonds. The van der Waals surface area contributed by atoms with Crippen LogP contribution in [0.1, 0.15) is 51.6 Å². The van der Waals surface area contributed by atoms with Gasteiger partial charge in [-0.05, 0) is 37.0 Å². The van der Waals surface area contributed by atoms with E-state index in [9.17, 15) is 9.90 Å². The number of phenolic OH excluding ortho intramolecular Hbond substituents is 1. The van der Waals surface area contributed by atoms with Crippen molar-refractivity contribution in [2.24, 2.45) is 0 Å². The number of ketones is 1. The number of epoxide rings is 1. The van der Waals surface area contributed by atoms with Crippen LogP contribution in [0.2, 0.25) is 0 Å². The van der Waals surface area contributed by atoms with Gasteiger partial charge >= 0.3 is 0 Å². The maximum absolute atomic E-state index is 13.0. The molecule has 8 rings (SSSR count). The van der Waals surface area contributed by atoms with Gasteiger partial charge in [-0.25, -0.2) is 0 Å². The Labute approximate surface area is 230 Å². The molecule has 3 aromatic carbocycles. The van der Waals surface area contributed by atoms with Crippen LogP contribution in [0, 0.1) is 6.92 Å². The number of Topliss-reactive ketones (excluding diaryl/α,β-unsaturated/α-hetero) is 1. The topological polar surface area (TPSA) is 105 Å². The summed E-state index contributed by atoms with van der Waals surface area (Å²) in [7, 11) is 3.15. The maximum Gasteiger partial charge on any atom is 0.276 e. The van der Waals surface area contributed by atoms with Crippen LogP contribution in [0.4, 0.5) is 0 Å². The summed E-state index contributed by atoms with van der Waals surface area (Å²) in [6.45, 7) is 2.77. The number of benzene rings is 3. The molecule has 0 saturated carbocycles. The number of methoxy groups -OCH3 is 2. The fourth-order valence-electron chi connectivity index (χ4n) is 7.45. The van der Waals surface area contributed by atoms with E-state index in [1.807, 2.05) is 43.3 Å². The SMILES string of the molecule is COc1c2c(c(O)c3c4c(c(C)cc13)C1OC3(COCc5ccccc5)OC1[C@@](OC)(O4)[C@@]31CO1)C(=O)CCC2. The lowest BCUT2D eigenvalue weighted by molar-refractivity contribution is -0.297. The standard InChI is InChI=1S/C31H30O9/c1-16-12-19-23(24(33)22-18(25(19)34-2)10-7-11-20(22)32)26-21(16)27-28-31(35-3,39-26)29(14-37-29)30(38-27,40-28)15-36-13-17-8-5-4-6-9-17/h4-6,8-9,12,27-28,33H,7,10-11,13-15H2,1-3H3/t27?,28?,29-,30?,31-/m1/s1. The Morgan fingerprint density at radius 2 is 1.93 bits per heavy atom. The highest BCUT2D eigenvalue weighted by atomic mass is 16.9. The number of rotatable bonds is 6. The number of phenols is 1. The Hall–Kier alpha value is -3.21. The lowest BCUT2D eigenvalue weighted by Gasteiger charge is -2.48. The van der Waals surface area contributed by atoms with Crippen LogP contribution in [0.3, 0.4) is 0 Å². The Morgan fingerprint density at radius 1 is 1.12 bits per heavy atom. The Balaban J connectivity index is 1.28. The molecule has 9 nitrogen and oxygen atoms in total. The third-order valence-electron chi connectivity index (χ3n) is 9.27. The normalized spacial score (nSPS) is 32.7. The van der Waals surface area contributed by atoms with Crippen molar-refractivity contribution in [2.75, 3.05) is 27.4 Å². The van der Waals surface area contributed by atoms with E-state index in [0.29, 0.717) is 60.3 Å². The first-order valence-electron chi connectivity index (χ1n) is 13.7. The Morgan fingerprint density at radius 3 is 2.65 bits per heavy atom. The van der Waals surface area contributed by atoms with Gasteiger partial charge in [0.05, 0.1) is 31.3 Å². The number of fused-ring (bicyclic) bond motifs is 8. The van der Waals surface area contributed by atoms with Crippen LogP contribution in [-0.2, 0) is 36.7 Å². The molecule has 0 radical (unpaired) electrons. The molecular weight excluding hydrogens is 516 g/mol. The molecule has 3 fully saturated rings. The first-order chi connectivity index (χ1) is 19.4. The Bertz CT molecular complexity index is 1580. The first-order valence-corrected chi connectivity index (χ1v) is 13.7. The molecule has 4 aliphatic heterocycles. The number of hydrogen-bond acceptors (Lipinski definition) is 9. The second-order valence-corrected chi connectivity index (χ2v) is 11.3. The summed E-state index contributed by atoms with van der Waals surface area (Å²) in [6.07, 6.45) is 0.532. The number of aromatic hydroxyl groups is 1.